The van der Waals surface area contributed by atoms with E-state index in [4.69, 9.17) is 23.2 Å². The summed E-state index contributed by atoms with van der Waals surface area (Å²) in [6.45, 7) is 0.475. The van der Waals surface area contributed by atoms with Crippen LogP contribution < -0.4 is 16.0 Å². The van der Waals surface area contributed by atoms with Crippen molar-refractivity contribution < 1.29 is 14.0 Å². The molecule has 6 nitrogen and oxygen atoms in total. The smallest absolute Gasteiger partial charge is 0.251 e. The van der Waals surface area contributed by atoms with E-state index in [0.717, 1.165) is 6.07 Å². The fourth-order valence-corrected chi connectivity index (χ4v) is 2.33. The molecule has 2 amide bonds. The van der Waals surface area contributed by atoms with E-state index in [1.54, 1.807) is 6.07 Å². The molecule has 0 bridgehead atoms. The SMILES string of the molecule is O=C(CNC(=O)c1cccc(F)c1)NCCNc1ncc(Cl)cc1Cl. The molecule has 0 aliphatic carbocycles. The van der Waals surface area contributed by atoms with Crippen molar-refractivity contribution in [1.29, 1.82) is 0 Å². The zero-order valence-electron chi connectivity index (χ0n) is 13.0. The van der Waals surface area contributed by atoms with Gasteiger partial charge in [0, 0.05) is 24.8 Å². The van der Waals surface area contributed by atoms with Gasteiger partial charge in [0.15, 0.2) is 0 Å². The first-order valence-corrected chi connectivity index (χ1v) is 8.06. The second kappa shape index (κ2) is 9.19. The zero-order valence-corrected chi connectivity index (χ0v) is 14.5. The van der Waals surface area contributed by atoms with E-state index in [1.165, 1.54) is 24.4 Å². The summed E-state index contributed by atoms with van der Waals surface area (Å²) in [5.41, 5.74) is 0.151. The van der Waals surface area contributed by atoms with E-state index in [-0.39, 0.29) is 18.0 Å². The number of nitrogens with one attached hydrogen (secondary N) is 3. The molecule has 132 valence electrons. The minimum atomic E-state index is -0.523. The summed E-state index contributed by atoms with van der Waals surface area (Å²) >= 11 is 11.7. The first kappa shape index (κ1) is 19.0. The van der Waals surface area contributed by atoms with Crippen molar-refractivity contribution in [2.75, 3.05) is 25.0 Å². The highest BCUT2D eigenvalue weighted by molar-refractivity contribution is 6.35. The number of rotatable bonds is 7. The van der Waals surface area contributed by atoms with Gasteiger partial charge in [-0.1, -0.05) is 29.3 Å². The molecule has 25 heavy (non-hydrogen) atoms. The van der Waals surface area contributed by atoms with Crippen molar-refractivity contribution in [3.8, 4) is 0 Å². The zero-order chi connectivity index (χ0) is 18.2. The molecule has 0 unspecified atom stereocenters. The maximum atomic E-state index is 13.0. The molecule has 1 heterocycles. The van der Waals surface area contributed by atoms with Crippen LogP contribution >= 0.6 is 23.2 Å². The Kier molecular flexibility index (Phi) is 6.97. The van der Waals surface area contributed by atoms with Crippen LogP contribution in [0.5, 0.6) is 0 Å². The molecule has 1 aromatic heterocycles. The number of aromatic nitrogens is 1. The van der Waals surface area contributed by atoms with E-state index in [0.29, 0.717) is 29.0 Å². The van der Waals surface area contributed by atoms with Crippen molar-refractivity contribution in [2.24, 2.45) is 0 Å². The van der Waals surface area contributed by atoms with E-state index in [9.17, 15) is 14.0 Å². The lowest BCUT2D eigenvalue weighted by atomic mass is 10.2. The summed E-state index contributed by atoms with van der Waals surface area (Å²) in [7, 11) is 0. The number of benzene rings is 1. The van der Waals surface area contributed by atoms with Gasteiger partial charge in [0.25, 0.3) is 5.91 Å². The number of hydrogen-bond acceptors (Lipinski definition) is 4. The van der Waals surface area contributed by atoms with Gasteiger partial charge in [0.1, 0.15) is 11.6 Å². The molecule has 2 rings (SSSR count). The summed E-state index contributed by atoms with van der Waals surface area (Å²) in [6, 6.07) is 6.77. The van der Waals surface area contributed by atoms with Crippen molar-refractivity contribution in [1.82, 2.24) is 15.6 Å². The fourth-order valence-electron chi connectivity index (χ4n) is 1.88. The highest BCUT2D eigenvalue weighted by Crippen LogP contribution is 2.21. The van der Waals surface area contributed by atoms with Crippen LogP contribution in [-0.2, 0) is 4.79 Å². The molecule has 0 saturated heterocycles. The second-order valence-electron chi connectivity index (χ2n) is 4.95. The largest absolute Gasteiger partial charge is 0.367 e. The lowest BCUT2D eigenvalue weighted by molar-refractivity contribution is -0.120. The van der Waals surface area contributed by atoms with Crippen molar-refractivity contribution in [3.05, 3.63) is 58.0 Å². The molecule has 0 fully saturated rings. The molecule has 2 aromatic rings. The van der Waals surface area contributed by atoms with E-state index in [1.807, 2.05) is 0 Å². The lowest BCUT2D eigenvalue weighted by Crippen LogP contribution is -2.38. The Labute approximate surface area is 153 Å². The molecule has 0 radical (unpaired) electrons. The Morgan fingerprint density at radius 2 is 1.92 bits per heavy atom. The molecular weight excluding hydrogens is 370 g/mol. The Hall–Kier alpha value is -2.38. The highest BCUT2D eigenvalue weighted by Gasteiger charge is 2.08. The van der Waals surface area contributed by atoms with E-state index >= 15 is 0 Å². The van der Waals surface area contributed by atoms with Gasteiger partial charge in [-0.05, 0) is 24.3 Å². The Morgan fingerprint density at radius 1 is 1.12 bits per heavy atom. The summed E-state index contributed by atoms with van der Waals surface area (Å²) in [5, 5.41) is 8.78. The van der Waals surface area contributed by atoms with Gasteiger partial charge in [-0.15, -0.1) is 0 Å². The summed E-state index contributed by atoms with van der Waals surface area (Å²) in [6.07, 6.45) is 1.45. The monoisotopic (exact) mass is 384 g/mol. The maximum absolute atomic E-state index is 13.0. The standard InChI is InChI=1S/C16H15Cl2FN4O2/c17-11-7-13(18)15(22-8-11)21-5-4-20-14(24)9-23-16(25)10-2-1-3-12(19)6-10/h1-3,6-8H,4-5,9H2,(H,20,24)(H,21,22)(H,23,25). The minimum Gasteiger partial charge on any atom is -0.367 e. The van der Waals surface area contributed by atoms with Gasteiger partial charge in [0.2, 0.25) is 5.91 Å². The quantitative estimate of drug-likeness (QED) is 0.640. The number of nitrogens with zero attached hydrogens (tertiary/aromatic N) is 1. The second-order valence-corrected chi connectivity index (χ2v) is 5.80. The van der Waals surface area contributed by atoms with Gasteiger partial charge in [0.05, 0.1) is 16.6 Å². The number of halogens is 3. The van der Waals surface area contributed by atoms with E-state index in [2.05, 4.69) is 20.9 Å². The minimum absolute atomic E-state index is 0.151. The third-order valence-corrected chi connectivity index (χ3v) is 3.54. The van der Waals surface area contributed by atoms with Crippen LogP contribution in [-0.4, -0.2) is 36.4 Å². The number of anilines is 1. The summed E-state index contributed by atoms with van der Waals surface area (Å²) < 4.78 is 13.0. The number of hydrogen-bond donors (Lipinski definition) is 3. The molecular formula is C16H15Cl2FN4O2. The van der Waals surface area contributed by atoms with Gasteiger partial charge < -0.3 is 16.0 Å². The van der Waals surface area contributed by atoms with Crippen molar-refractivity contribution in [2.45, 2.75) is 0 Å². The van der Waals surface area contributed by atoms with Gasteiger partial charge >= 0.3 is 0 Å². The molecule has 1 aromatic carbocycles. The molecule has 9 heteroatoms. The van der Waals surface area contributed by atoms with Crippen LogP contribution in [0.3, 0.4) is 0 Å². The molecule has 0 atom stereocenters. The van der Waals surface area contributed by atoms with E-state index < -0.39 is 11.7 Å². The van der Waals surface area contributed by atoms with Crippen LogP contribution in [0.25, 0.3) is 0 Å². The van der Waals surface area contributed by atoms with Crippen LogP contribution in [0.15, 0.2) is 36.5 Å². The molecule has 0 saturated carbocycles. The third-order valence-electron chi connectivity index (χ3n) is 3.04. The average Bonchev–Trinajstić information content (AvgIpc) is 2.58. The first-order valence-electron chi connectivity index (χ1n) is 7.31. The molecule has 3 N–H and O–H groups in total. The van der Waals surface area contributed by atoms with Crippen LogP contribution in [0.1, 0.15) is 10.4 Å². The van der Waals surface area contributed by atoms with Crippen LogP contribution in [0, 0.1) is 5.82 Å². The van der Waals surface area contributed by atoms with Crippen LogP contribution in [0.4, 0.5) is 10.2 Å². The van der Waals surface area contributed by atoms with Gasteiger partial charge in [-0.2, -0.15) is 0 Å². The Morgan fingerprint density at radius 3 is 2.64 bits per heavy atom. The third kappa shape index (κ3) is 6.21. The molecule has 0 spiro atoms. The number of amides is 2. The van der Waals surface area contributed by atoms with Gasteiger partial charge in [-0.25, -0.2) is 9.37 Å². The normalized spacial score (nSPS) is 10.2. The summed E-state index contributed by atoms with van der Waals surface area (Å²) in [4.78, 5) is 27.5. The Bertz CT molecular complexity index is 774. The molecule has 0 aliphatic rings. The van der Waals surface area contributed by atoms with Gasteiger partial charge in [-0.3, -0.25) is 9.59 Å². The number of carbonyl (C=O) groups is 2. The molecule has 0 aliphatic heterocycles. The van der Waals surface area contributed by atoms with Crippen molar-refractivity contribution >= 4 is 40.8 Å². The predicted octanol–water partition coefficient (Wildman–Crippen LogP) is 2.49. The number of carbonyl (C=O) groups excluding carboxylic acids is 2. The van der Waals surface area contributed by atoms with Crippen molar-refractivity contribution in [3.63, 3.8) is 0 Å². The maximum Gasteiger partial charge on any atom is 0.251 e. The predicted molar refractivity (Wildman–Crippen MR) is 94.5 cm³/mol. The Balaban J connectivity index is 1.68. The fraction of sp³-hybridized carbons (Fsp3) is 0.188. The lowest BCUT2D eigenvalue weighted by Gasteiger charge is -2.09. The topological polar surface area (TPSA) is 83.1 Å². The average molecular weight is 385 g/mol. The number of pyridine rings is 1. The first-order chi connectivity index (χ1) is 12.0. The summed E-state index contributed by atoms with van der Waals surface area (Å²) in [5.74, 6) is -0.955. The van der Waals surface area contributed by atoms with Crippen LogP contribution in [0.2, 0.25) is 10.0 Å². The highest BCUT2D eigenvalue weighted by atomic mass is 35.5.